The highest BCUT2D eigenvalue weighted by Gasteiger charge is 2.32. The van der Waals surface area contributed by atoms with Crippen LogP contribution >= 0.6 is 0 Å². The summed E-state index contributed by atoms with van der Waals surface area (Å²) in [5.41, 5.74) is 4.64. The molecule has 32 heavy (non-hydrogen) atoms. The van der Waals surface area contributed by atoms with Crippen molar-refractivity contribution in [3.8, 4) is 23.0 Å². The standard InChI is InChI=1S/C17H16F3N9O2S/c1-4-32(30,31)12-8-10(21)14(25-28-22-2)24-13(12)16-27-26-15(29(16)3)11-7-9(5-6-23-11)17(18,19)20/h5-8,21H,4H2,1-3H3/p+1. The second kappa shape index (κ2) is 8.43. The molecular formula is C17H17F3N9O2S+. The van der Waals surface area contributed by atoms with Crippen molar-refractivity contribution in [3.05, 3.63) is 30.0 Å². The van der Waals surface area contributed by atoms with Crippen LogP contribution in [0.5, 0.6) is 0 Å². The lowest BCUT2D eigenvalue weighted by Gasteiger charge is -2.10. The second-order valence-electron chi connectivity index (χ2n) is 6.37. The molecule has 11 nitrogen and oxygen atoms in total. The van der Waals surface area contributed by atoms with Crippen LogP contribution in [-0.4, -0.2) is 46.0 Å². The summed E-state index contributed by atoms with van der Waals surface area (Å²) in [7, 11) is -1.01. The molecule has 3 rings (SSSR count). The Morgan fingerprint density at radius 3 is 2.53 bits per heavy atom. The largest absolute Gasteiger partial charge is 0.416 e. The van der Waals surface area contributed by atoms with Gasteiger partial charge in [-0.05, 0) is 18.2 Å². The van der Waals surface area contributed by atoms with Gasteiger partial charge in [-0.15, -0.1) is 10.2 Å². The molecule has 3 aromatic heterocycles. The van der Waals surface area contributed by atoms with Crippen molar-refractivity contribution in [2.75, 3.05) is 18.5 Å². The molecule has 0 aliphatic carbocycles. The first-order chi connectivity index (χ1) is 15.0. The van der Waals surface area contributed by atoms with Crippen LogP contribution in [0.3, 0.4) is 0 Å². The highest BCUT2D eigenvalue weighted by atomic mass is 32.2. The van der Waals surface area contributed by atoms with Crippen molar-refractivity contribution in [3.63, 3.8) is 0 Å². The Labute approximate surface area is 179 Å². The summed E-state index contributed by atoms with van der Waals surface area (Å²) in [6.45, 7) is 1.44. The number of halogens is 3. The van der Waals surface area contributed by atoms with Crippen molar-refractivity contribution in [1.82, 2.24) is 29.6 Å². The number of alkyl halides is 3. The molecule has 0 saturated heterocycles. The van der Waals surface area contributed by atoms with Crippen LogP contribution < -0.4 is 10.6 Å². The van der Waals surface area contributed by atoms with Crippen molar-refractivity contribution in [1.29, 1.82) is 0 Å². The molecule has 15 heteroatoms. The molecule has 0 spiro atoms. The first-order valence-electron chi connectivity index (χ1n) is 8.96. The van der Waals surface area contributed by atoms with E-state index in [-0.39, 0.29) is 45.2 Å². The zero-order valence-corrected chi connectivity index (χ0v) is 17.8. The third-order valence-corrected chi connectivity index (χ3v) is 6.08. The summed E-state index contributed by atoms with van der Waals surface area (Å²) < 4.78 is 65.8. The number of nitrogens with zero attached hydrogens (tertiary/aromatic N) is 8. The number of anilines is 1. The van der Waals surface area contributed by atoms with Crippen molar-refractivity contribution >= 4 is 21.3 Å². The van der Waals surface area contributed by atoms with Crippen LogP contribution in [0.15, 0.2) is 39.5 Å². The van der Waals surface area contributed by atoms with E-state index in [0.717, 1.165) is 18.3 Å². The summed E-state index contributed by atoms with van der Waals surface area (Å²) in [6, 6.07) is 2.81. The van der Waals surface area contributed by atoms with E-state index in [1.54, 1.807) is 0 Å². The molecule has 3 heterocycles. The monoisotopic (exact) mass is 468 g/mol. The summed E-state index contributed by atoms with van der Waals surface area (Å²) in [5.74, 6) is -0.443. The maximum Gasteiger partial charge on any atom is 0.416 e. The van der Waals surface area contributed by atoms with E-state index < -0.39 is 21.6 Å². The predicted octanol–water partition coefficient (Wildman–Crippen LogP) is 2.57. The highest BCUT2D eigenvalue weighted by Crippen LogP contribution is 2.34. The molecule has 0 saturated carbocycles. The van der Waals surface area contributed by atoms with Gasteiger partial charge in [-0.25, -0.2) is 13.4 Å². The summed E-state index contributed by atoms with van der Waals surface area (Å²) in [6.07, 6.45) is -3.59. The SMILES string of the molecule is CCS(=O)(=O)c1cc(N)c(N=[N+]=NC)nc1-c1nnc(-c2cc(C(F)(F)F)ccn2)n1C. The fourth-order valence-corrected chi connectivity index (χ4v) is 3.76. The molecule has 0 bridgehead atoms. The van der Waals surface area contributed by atoms with Gasteiger partial charge in [0.25, 0.3) is 5.82 Å². The summed E-state index contributed by atoms with van der Waals surface area (Å²) in [4.78, 5) is 11.3. The third-order valence-electron chi connectivity index (χ3n) is 4.34. The maximum atomic E-state index is 13.1. The molecule has 0 radical (unpaired) electrons. The van der Waals surface area contributed by atoms with E-state index in [4.69, 9.17) is 5.73 Å². The summed E-state index contributed by atoms with van der Waals surface area (Å²) in [5, 5.41) is 15.0. The molecule has 168 valence electrons. The van der Waals surface area contributed by atoms with Gasteiger partial charge in [0.2, 0.25) is 4.91 Å². The van der Waals surface area contributed by atoms with Gasteiger partial charge in [-0.2, -0.15) is 13.2 Å². The minimum Gasteiger partial charge on any atom is -0.395 e. The molecule has 3 aromatic rings. The lowest BCUT2D eigenvalue weighted by Crippen LogP contribution is -2.10. The second-order valence-corrected chi connectivity index (χ2v) is 8.62. The van der Waals surface area contributed by atoms with Gasteiger partial charge in [-0.3, -0.25) is 4.98 Å². The normalized spacial score (nSPS) is 11.8. The molecule has 0 aliphatic rings. The Kier molecular flexibility index (Phi) is 6.05. The van der Waals surface area contributed by atoms with Crippen LogP contribution in [0.2, 0.25) is 0 Å². The van der Waals surface area contributed by atoms with Crippen molar-refractivity contribution in [2.45, 2.75) is 18.0 Å². The van der Waals surface area contributed by atoms with E-state index >= 15 is 0 Å². The van der Waals surface area contributed by atoms with Crippen LogP contribution in [0.25, 0.3) is 23.0 Å². The fourth-order valence-electron chi connectivity index (χ4n) is 2.71. The number of hydrogen-bond donors (Lipinski definition) is 1. The smallest absolute Gasteiger partial charge is 0.395 e. The Morgan fingerprint density at radius 1 is 1.22 bits per heavy atom. The molecule has 0 unspecified atom stereocenters. The van der Waals surface area contributed by atoms with Gasteiger partial charge >= 0.3 is 6.18 Å². The van der Waals surface area contributed by atoms with Gasteiger partial charge in [0.1, 0.15) is 23.5 Å². The third kappa shape index (κ3) is 4.33. The first-order valence-corrected chi connectivity index (χ1v) is 10.6. The average Bonchev–Trinajstić information content (AvgIpc) is 3.13. The molecular weight excluding hydrogens is 451 g/mol. The van der Waals surface area contributed by atoms with Gasteiger partial charge < -0.3 is 10.3 Å². The van der Waals surface area contributed by atoms with Crippen LogP contribution in [0, 0.1) is 0 Å². The molecule has 0 amide bonds. The van der Waals surface area contributed by atoms with Crippen molar-refractivity contribution in [2.24, 2.45) is 17.3 Å². The molecule has 0 atom stereocenters. The Balaban J connectivity index is 2.25. The Hall–Kier alpha value is -3.71. The number of nitrogen functional groups attached to an aromatic ring is 1. The summed E-state index contributed by atoms with van der Waals surface area (Å²) >= 11 is 0. The topological polar surface area (TPSA) is 155 Å². The fraction of sp³-hybridized carbons (Fsp3) is 0.294. The van der Waals surface area contributed by atoms with Crippen molar-refractivity contribution < 1.29 is 21.6 Å². The average molecular weight is 468 g/mol. The highest BCUT2D eigenvalue weighted by molar-refractivity contribution is 7.91. The minimum atomic E-state index is -4.58. The lowest BCUT2D eigenvalue weighted by molar-refractivity contribution is -0.137. The van der Waals surface area contributed by atoms with Crippen LogP contribution in [-0.2, 0) is 23.1 Å². The number of aromatic nitrogens is 5. The lowest BCUT2D eigenvalue weighted by atomic mass is 10.2. The molecule has 0 aliphatic heterocycles. The number of rotatable bonds is 5. The minimum absolute atomic E-state index is 0.0312. The van der Waals surface area contributed by atoms with E-state index in [1.807, 2.05) is 0 Å². The quantitative estimate of drug-likeness (QED) is 0.445. The Morgan fingerprint density at radius 2 is 1.91 bits per heavy atom. The molecule has 2 N–H and O–H groups in total. The Bertz CT molecular complexity index is 1340. The predicted molar refractivity (Wildman–Crippen MR) is 107 cm³/mol. The number of pyridine rings is 2. The van der Waals surface area contributed by atoms with Crippen LogP contribution in [0.1, 0.15) is 12.5 Å². The first kappa shape index (κ1) is 23.0. The van der Waals surface area contributed by atoms with E-state index in [0.29, 0.717) is 0 Å². The molecule has 0 aromatic carbocycles. The van der Waals surface area contributed by atoms with Gasteiger partial charge in [-0.1, -0.05) is 6.92 Å². The van der Waals surface area contributed by atoms with Gasteiger partial charge in [0.05, 0.1) is 21.9 Å². The van der Waals surface area contributed by atoms with Crippen LogP contribution in [0.4, 0.5) is 24.7 Å². The van der Waals surface area contributed by atoms with Gasteiger partial charge in [0, 0.05) is 13.2 Å². The van der Waals surface area contributed by atoms with E-state index in [2.05, 4.69) is 35.3 Å². The number of sulfone groups is 1. The number of hydrogen-bond acceptors (Lipinski definition) is 9. The van der Waals surface area contributed by atoms with E-state index in [9.17, 15) is 21.6 Å². The number of nitrogens with two attached hydrogens (primary N) is 1. The molecule has 0 fully saturated rings. The zero-order chi connectivity index (χ0) is 23.7. The van der Waals surface area contributed by atoms with Gasteiger partial charge in [0.15, 0.2) is 26.6 Å². The van der Waals surface area contributed by atoms with E-state index in [1.165, 1.54) is 31.7 Å². The zero-order valence-electron chi connectivity index (χ0n) is 17.0. The maximum absolute atomic E-state index is 13.1.